The van der Waals surface area contributed by atoms with Crippen LogP contribution in [0.2, 0.25) is 0 Å². The third kappa shape index (κ3) is 4.69. The first kappa shape index (κ1) is 20.1. The molecule has 4 rings (SSSR count). The highest BCUT2D eigenvalue weighted by molar-refractivity contribution is 8.00. The lowest BCUT2D eigenvalue weighted by Crippen LogP contribution is -1.95. The van der Waals surface area contributed by atoms with Gasteiger partial charge in [-0.25, -0.2) is 8.42 Å². The number of hydrogen-bond acceptors (Lipinski definition) is 4. The maximum Gasteiger partial charge on any atom is 0.175 e. The third-order valence-corrected chi connectivity index (χ3v) is 7.87. The minimum atomic E-state index is -3.18. The van der Waals surface area contributed by atoms with Crippen molar-refractivity contribution in [1.82, 2.24) is 0 Å². The third-order valence-electron chi connectivity index (χ3n) is 4.57. The fourth-order valence-electron chi connectivity index (χ4n) is 3.05. The zero-order chi connectivity index (χ0) is 20.4. The molecule has 0 unspecified atom stereocenters. The second kappa shape index (κ2) is 8.27. The summed E-state index contributed by atoms with van der Waals surface area (Å²) in [6, 6.07) is 28.4. The first-order valence-corrected chi connectivity index (χ1v) is 12.7. The fraction of sp³-hybridized carbons (Fsp3) is 0.0833. The molecule has 0 heterocycles. The number of aryl methyl sites for hydroxylation is 1. The maximum absolute atomic E-state index is 11.7. The Morgan fingerprint density at radius 2 is 1.07 bits per heavy atom. The summed E-state index contributed by atoms with van der Waals surface area (Å²) in [6.07, 6.45) is 1.23. The van der Waals surface area contributed by atoms with E-state index in [9.17, 15) is 8.42 Å². The Morgan fingerprint density at radius 3 is 1.52 bits per heavy atom. The summed E-state index contributed by atoms with van der Waals surface area (Å²) in [4.78, 5) is 4.96. The minimum Gasteiger partial charge on any atom is -0.224 e. The fourth-order valence-corrected chi connectivity index (χ4v) is 5.60. The molecule has 0 atom stereocenters. The van der Waals surface area contributed by atoms with Gasteiger partial charge in [0, 0.05) is 25.8 Å². The van der Waals surface area contributed by atoms with Gasteiger partial charge >= 0.3 is 0 Å². The Bertz CT molecular complexity index is 1260. The van der Waals surface area contributed by atoms with Crippen LogP contribution in [0.5, 0.6) is 0 Å². The van der Waals surface area contributed by atoms with E-state index in [1.54, 1.807) is 35.7 Å². The van der Waals surface area contributed by atoms with Crippen LogP contribution in [0, 0.1) is 6.92 Å². The van der Waals surface area contributed by atoms with Gasteiger partial charge in [-0.1, -0.05) is 65.5 Å². The van der Waals surface area contributed by atoms with Crippen LogP contribution in [0.25, 0.3) is 10.8 Å². The molecule has 0 aliphatic carbocycles. The van der Waals surface area contributed by atoms with Crippen molar-refractivity contribution in [2.24, 2.45) is 0 Å². The van der Waals surface area contributed by atoms with Crippen molar-refractivity contribution in [1.29, 1.82) is 0 Å². The summed E-state index contributed by atoms with van der Waals surface area (Å²) in [5, 5.41) is 2.41. The molecule has 0 aromatic heterocycles. The number of rotatable bonds is 5. The Kier molecular flexibility index (Phi) is 5.72. The zero-order valence-electron chi connectivity index (χ0n) is 16.1. The smallest absolute Gasteiger partial charge is 0.175 e. The van der Waals surface area contributed by atoms with E-state index in [0.29, 0.717) is 4.90 Å². The van der Waals surface area contributed by atoms with E-state index >= 15 is 0 Å². The van der Waals surface area contributed by atoms with Crippen LogP contribution in [-0.2, 0) is 9.84 Å². The summed E-state index contributed by atoms with van der Waals surface area (Å²) in [5.74, 6) is 0. The van der Waals surface area contributed by atoms with Gasteiger partial charge in [0.15, 0.2) is 9.84 Å². The number of benzene rings is 4. The molecule has 0 aliphatic heterocycles. The number of sulfone groups is 1. The lowest BCUT2D eigenvalue weighted by Gasteiger charge is -2.11. The Hall–Kier alpha value is -2.21. The summed E-state index contributed by atoms with van der Waals surface area (Å²) in [6.45, 7) is 2.10. The van der Waals surface area contributed by atoms with E-state index in [-0.39, 0.29) is 0 Å². The highest BCUT2D eigenvalue weighted by Crippen LogP contribution is 2.39. The molecule has 0 N–H and O–H groups in total. The van der Waals surface area contributed by atoms with E-state index in [1.807, 2.05) is 12.1 Å². The van der Waals surface area contributed by atoms with E-state index in [0.717, 1.165) is 9.79 Å². The van der Waals surface area contributed by atoms with E-state index in [4.69, 9.17) is 0 Å². The number of fused-ring (bicyclic) bond motifs is 1. The van der Waals surface area contributed by atoms with Gasteiger partial charge in [-0.2, -0.15) is 0 Å². The minimum absolute atomic E-state index is 0.344. The van der Waals surface area contributed by atoms with Crippen LogP contribution in [0.3, 0.4) is 0 Å². The van der Waals surface area contributed by atoms with Crippen LogP contribution in [-0.4, -0.2) is 14.7 Å². The molecule has 5 heteroatoms. The van der Waals surface area contributed by atoms with Crippen LogP contribution >= 0.6 is 23.5 Å². The van der Waals surface area contributed by atoms with Gasteiger partial charge in [-0.3, -0.25) is 0 Å². The predicted molar refractivity (Wildman–Crippen MR) is 123 cm³/mol. The van der Waals surface area contributed by atoms with Gasteiger partial charge < -0.3 is 0 Å². The summed E-state index contributed by atoms with van der Waals surface area (Å²) >= 11 is 3.42. The van der Waals surface area contributed by atoms with Crippen molar-refractivity contribution in [2.45, 2.75) is 31.4 Å². The van der Waals surface area contributed by atoms with Crippen molar-refractivity contribution < 1.29 is 8.42 Å². The highest BCUT2D eigenvalue weighted by Gasteiger charge is 2.10. The van der Waals surface area contributed by atoms with Crippen LogP contribution in [0.4, 0.5) is 0 Å². The molecular weight excluding hydrogens is 416 g/mol. The van der Waals surface area contributed by atoms with Crippen LogP contribution in [0.1, 0.15) is 5.56 Å². The van der Waals surface area contributed by atoms with Crippen molar-refractivity contribution in [3.63, 3.8) is 0 Å². The van der Waals surface area contributed by atoms with Gasteiger partial charge in [0.25, 0.3) is 0 Å². The lowest BCUT2D eigenvalue weighted by atomic mass is 10.1. The SMILES string of the molecule is Cc1ccc(Sc2cccc3c(Sc4ccc(S(C)(=O)=O)cc4)cccc23)cc1. The largest absolute Gasteiger partial charge is 0.224 e. The average Bonchev–Trinajstić information content (AvgIpc) is 2.70. The van der Waals surface area contributed by atoms with Crippen molar-refractivity contribution in [3.05, 3.63) is 90.5 Å². The first-order chi connectivity index (χ1) is 13.9. The molecule has 0 spiro atoms. The molecule has 29 heavy (non-hydrogen) atoms. The lowest BCUT2D eigenvalue weighted by molar-refractivity contribution is 0.602. The van der Waals surface area contributed by atoms with Gasteiger partial charge in [0.05, 0.1) is 4.90 Å². The zero-order valence-corrected chi connectivity index (χ0v) is 18.6. The molecule has 0 fully saturated rings. The second-order valence-corrected chi connectivity index (χ2v) is 11.1. The van der Waals surface area contributed by atoms with Crippen LogP contribution < -0.4 is 0 Å². The van der Waals surface area contributed by atoms with E-state index in [1.165, 1.54) is 32.4 Å². The summed E-state index contributed by atoms with van der Waals surface area (Å²) < 4.78 is 23.3. The molecule has 0 saturated carbocycles. The van der Waals surface area contributed by atoms with Gasteiger partial charge in [0.2, 0.25) is 0 Å². The molecule has 0 radical (unpaired) electrons. The molecule has 0 saturated heterocycles. The highest BCUT2D eigenvalue weighted by atomic mass is 32.2. The number of hydrogen-bond donors (Lipinski definition) is 0. The average molecular weight is 437 g/mol. The maximum atomic E-state index is 11.7. The van der Waals surface area contributed by atoms with Gasteiger partial charge in [-0.15, -0.1) is 0 Å². The topological polar surface area (TPSA) is 34.1 Å². The molecule has 0 amide bonds. The first-order valence-electron chi connectivity index (χ1n) is 9.14. The van der Waals surface area contributed by atoms with E-state index < -0.39 is 9.84 Å². The molecule has 0 bridgehead atoms. The Morgan fingerprint density at radius 1 is 0.621 bits per heavy atom. The van der Waals surface area contributed by atoms with Crippen molar-refractivity contribution in [2.75, 3.05) is 6.26 Å². The van der Waals surface area contributed by atoms with Crippen molar-refractivity contribution in [3.8, 4) is 0 Å². The Balaban J connectivity index is 1.66. The molecule has 146 valence electrons. The molecule has 0 aliphatic rings. The summed E-state index contributed by atoms with van der Waals surface area (Å²) in [5.41, 5.74) is 1.26. The molecular formula is C24H20O2S3. The van der Waals surface area contributed by atoms with Crippen LogP contribution in [0.15, 0.2) is 109 Å². The molecule has 4 aromatic carbocycles. The van der Waals surface area contributed by atoms with Crippen molar-refractivity contribution >= 4 is 44.1 Å². The monoisotopic (exact) mass is 436 g/mol. The Labute approximate surface area is 180 Å². The summed E-state index contributed by atoms with van der Waals surface area (Å²) in [7, 11) is -3.18. The standard InChI is InChI=1S/C24H20O2S3/c1-17-9-11-18(12-10-17)27-23-7-3-6-22-21(23)5-4-8-24(22)28-19-13-15-20(16-14-19)29(2,25)26/h3-16H,1-2H3. The quantitative estimate of drug-likeness (QED) is 0.342. The predicted octanol–water partition coefficient (Wildman–Crippen LogP) is 6.85. The molecule has 4 aromatic rings. The second-order valence-electron chi connectivity index (χ2n) is 6.87. The molecule has 2 nitrogen and oxygen atoms in total. The normalized spacial score (nSPS) is 11.7. The van der Waals surface area contributed by atoms with Gasteiger partial charge in [-0.05, 0) is 66.2 Å². The van der Waals surface area contributed by atoms with E-state index in [2.05, 4.69) is 67.6 Å². The van der Waals surface area contributed by atoms with Gasteiger partial charge in [0.1, 0.15) is 0 Å².